The maximum atomic E-state index is 13.0. The highest BCUT2D eigenvalue weighted by molar-refractivity contribution is 6.08. The first-order valence-electron chi connectivity index (χ1n) is 9.71. The Kier molecular flexibility index (Phi) is 6.14. The molecule has 29 heavy (non-hydrogen) atoms. The summed E-state index contributed by atoms with van der Waals surface area (Å²) >= 11 is 0. The Morgan fingerprint density at radius 3 is 2.34 bits per heavy atom. The lowest BCUT2D eigenvalue weighted by molar-refractivity contribution is -0.142. The van der Waals surface area contributed by atoms with Gasteiger partial charge < -0.3 is 10.1 Å². The molecule has 1 aliphatic carbocycles. The van der Waals surface area contributed by atoms with Crippen molar-refractivity contribution in [3.63, 3.8) is 0 Å². The maximum absolute atomic E-state index is 13.0. The summed E-state index contributed by atoms with van der Waals surface area (Å²) in [5.74, 6) is -2.17. The van der Waals surface area contributed by atoms with Gasteiger partial charge in [0.2, 0.25) is 17.7 Å². The number of rotatable bonds is 6. The summed E-state index contributed by atoms with van der Waals surface area (Å²) in [5, 5.41) is 2.37. The molecule has 1 aromatic rings. The molecule has 1 heterocycles. The van der Waals surface area contributed by atoms with Crippen molar-refractivity contribution in [2.24, 2.45) is 11.8 Å². The first kappa shape index (κ1) is 21.1. The van der Waals surface area contributed by atoms with Crippen molar-refractivity contribution in [2.45, 2.75) is 45.2 Å². The minimum Gasteiger partial charge on any atom is -0.491 e. The SMILES string of the molecule is CCCOc1ccc(C(F)(F)F)cc1NC(=O)CN1C(=O)[C@@H]2CCCC[C@H]2C1=O. The Morgan fingerprint density at radius 1 is 1.17 bits per heavy atom. The number of nitrogens with one attached hydrogen (secondary N) is 1. The Bertz CT molecular complexity index is 785. The molecule has 2 atom stereocenters. The summed E-state index contributed by atoms with van der Waals surface area (Å²) in [6.45, 7) is 1.58. The lowest BCUT2D eigenvalue weighted by Crippen LogP contribution is -2.38. The molecule has 0 bridgehead atoms. The quantitative estimate of drug-likeness (QED) is 0.725. The molecule has 0 radical (unpaired) electrons. The number of halogens is 3. The van der Waals surface area contributed by atoms with Crippen molar-refractivity contribution >= 4 is 23.4 Å². The molecule has 1 saturated carbocycles. The number of hydrogen-bond donors (Lipinski definition) is 1. The van der Waals surface area contributed by atoms with Crippen molar-refractivity contribution in [2.75, 3.05) is 18.5 Å². The fourth-order valence-electron chi connectivity index (χ4n) is 3.86. The van der Waals surface area contributed by atoms with E-state index in [2.05, 4.69) is 5.32 Å². The molecular formula is C20H23F3N2O4. The lowest BCUT2D eigenvalue weighted by Gasteiger charge is -2.19. The minimum absolute atomic E-state index is 0.0981. The van der Waals surface area contributed by atoms with Gasteiger partial charge in [0.05, 0.1) is 29.7 Å². The van der Waals surface area contributed by atoms with Crippen LogP contribution in [0.1, 0.15) is 44.6 Å². The number of imide groups is 1. The van der Waals surface area contributed by atoms with E-state index in [-0.39, 0.29) is 41.7 Å². The number of alkyl halides is 3. The molecular weight excluding hydrogens is 389 g/mol. The molecule has 6 nitrogen and oxygen atoms in total. The molecule has 9 heteroatoms. The van der Waals surface area contributed by atoms with Crippen molar-refractivity contribution in [1.29, 1.82) is 0 Å². The molecule has 0 unspecified atom stereocenters. The number of anilines is 1. The molecule has 0 aromatic heterocycles. The number of fused-ring (bicyclic) bond motifs is 1. The maximum Gasteiger partial charge on any atom is 0.416 e. The third-order valence-corrected chi connectivity index (χ3v) is 5.28. The van der Waals surface area contributed by atoms with Crippen LogP contribution in [0.2, 0.25) is 0 Å². The zero-order valence-corrected chi connectivity index (χ0v) is 16.1. The van der Waals surface area contributed by atoms with E-state index in [1.54, 1.807) is 0 Å². The van der Waals surface area contributed by atoms with Gasteiger partial charge in [0.1, 0.15) is 12.3 Å². The molecule has 1 aliphatic heterocycles. The summed E-state index contributed by atoms with van der Waals surface area (Å²) < 4.78 is 44.5. The van der Waals surface area contributed by atoms with Gasteiger partial charge in [-0.15, -0.1) is 0 Å². The summed E-state index contributed by atoms with van der Waals surface area (Å²) in [7, 11) is 0. The fraction of sp³-hybridized carbons (Fsp3) is 0.550. The second kappa shape index (κ2) is 8.42. The third-order valence-electron chi connectivity index (χ3n) is 5.28. The van der Waals surface area contributed by atoms with Gasteiger partial charge in [-0.2, -0.15) is 13.2 Å². The second-order valence-electron chi connectivity index (χ2n) is 7.37. The molecule has 0 spiro atoms. The molecule has 2 aliphatic rings. The van der Waals surface area contributed by atoms with Gasteiger partial charge in [-0.05, 0) is 37.5 Å². The number of carbonyl (C=O) groups excluding carboxylic acids is 3. The smallest absolute Gasteiger partial charge is 0.416 e. The molecule has 158 valence electrons. The van der Waals surface area contributed by atoms with Gasteiger partial charge in [-0.1, -0.05) is 19.8 Å². The molecule has 1 aromatic carbocycles. The van der Waals surface area contributed by atoms with Gasteiger partial charge in [-0.25, -0.2) is 0 Å². The van der Waals surface area contributed by atoms with E-state index in [9.17, 15) is 27.6 Å². The van der Waals surface area contributed by atoms with E-state index in [4.69, 9.17) is 4.74 Å². The summed E-state index contributed by atoms with van der Waals surface area (Å²) in [5.41, 5.74) is -1.08. The molecule has 2 fully saturated rings. The summed E-state index contributed by atoms with van der Waals surface area (Å²) in [4.78, 5) is 38.4. The van der Waals surface area contributed by atoms with Gasteiger partial charge in [0.25, 0.3) is 0 Å². The highest BCUT2D eigenvalue weighted by Gasteiger charge is 2.48. The van der Waals surface area contributed by atoms with E-state index in [1.807, 2.05) is 6.92 Å². The minimum atomic E-state index is -4.58. The highest BCUT2D eigenvalue weighted by Crippen LogP contribution is 2.38. The Hall–Kier alpha value is -2.58. The van der Waals surface area contributed by atoms with Crippen molar-refractivity contribution in [1.82, 2.24) is 4.90 Å². The van der Waals surface area contributed by atoms with Crippen LogP contribution in [0.15, 0.2) is 18.2 Å². The number of nitrogens with zero attached hydrogens (tertiary/aromatic N) is 1. The van der Waals surface area contributed by atoms with Crippen LogP contribution in [0.5, 0.6) is 5.75 Å². The monoisotopic (exact) mass is 412 g/mol. The second-order valence-corrected chi connectivity index (χ2v) is 7.37. The highest BCUT2D eigenvalue weighted by atomic mass is 19.4. The fourth-order valence-corrected chi connectivity index (χ4v) is 3.86. The summed E-state index contributed by atoms with van der Waals surface area (Å²) in [6, 6.07) is 2.81. The Balaban J connectivity index is 1.75. The first-order chi connectivity index (χ1) is 13.7. The third kappa shape index (κ3) is 4.54. The van der Waals surface area contributed by atoms with E-state index in [1.165, 1.54) is 0 Å². The standard InChI is InChI=1S/C20H23F3N2O4/c1-2-9-29-16-8-7-12(20(21,22)23)10-15(16)24-17(26)11-25-18(27)13-5-3-4-6-14(13)19(25)28/h7-8,10,13-14H,2-6,9,11H2,1H3,(H,24,26)/t13-,14-/m1/s1. The van der Waals surface area contributed by atoms with E-state index < -0.39 is 24.2 Å². The van der Waals surface area contributed by atoms with Gasteiger partial charge >= 0.3 is 6.18 Å². The molecule has 3 amide bonds. The Morgan fingerprint density at radius 2 is 1.79 bits per heavy atom. The first-order valence-corrected chi connectivity index (χ1v) is 9.71. The van der Waals surface area contributed by atoms with Crippen LogP contribution in [-0.4, -0.2) is 35.8 Å². The topological polar surface area (TPSA) is 75.7 Å². The lowest BCUT2D eigenvalue weighted by atomic mass is 9.81. The van der Waals surface area contributed by atoms with Crippen LogP contribution in [-0.2, 0) is 20.6 Å². The van der Waals surface area contributed by atoms with Gasteiger partial charge in [-0.3, -0.25) is 19.3 Å². The van der Waals surface area contributed by atoms with Crippen LogP contribution >= 0.6 is 0 Å². The molecule has 3 rings (SSSR count). The predicted molar refractivity (Wildman–Crippen MR) is 98.0 cm³/mol. The van der Waals surface area contributed by atoms with Gasteiger partial charge in [0, 0.05) is 0 Å². The van der Waals surface area contributed by atoms with Crippen LogP contribution in [0.25, 0.3) is 0 Å². The normalized spacial score (nSPS) is 21.9. The number of benzene rings is 1. The number of hydrogen-bond acceptors (Lipinski definition) is 4. The van der Waals surface area contributed by atoms with E-state index in [0.717, 1.165) is 35.9 Å². The van der Waals surface area contributed by atoms with E-state index in [0.29, 0.717) is 19.3 Å². The zero-order chi connectivity index (χ0) is 21.2. The zero-order valence-electron chi connectivity index (χ0n) is 16.1. The van der Waals surface area contributed by atoms with Crippen LogP contribution in [0.3, 0.4) is 0 Å². The number of amides is 3. The average Bonchev–Trinajstić information content (AvgIpc) is 2.91. The van der Waals surface area contributed by atoms with Crippen molar-refractivity contribution in [3.8, 4) is 5.75 Å². The summed E-state index contributed by atoms with van der Waals surface area (Å²) in [6.07, 6.45) is -0.982. The number of carbonyl (C=O) groups is 3. The Labute approximate surface area is 166 Å². The van der Waals surface area contributed by atoms with Crippen molar-refractivity contribution < 1.29 is 32.3 Å². The average molecular weight is 412 g/mol. The van der Waals surface area contributed by atoms with E-state index >= 15 is 0 Å². The largest absolute Gasteiger partial charge is 0.491 e. The predicted octanol–water partition coefficient (Wildman–Crippen LogP) is 3.61. The number of ether oxygens (including phenoxy) is 1. The molecule has 1 saturated heterocycles. The van der Waals surface area contributed by atoms with Gasteiger partial charge in [0.15, 0.2) is 0 Å². The van der Waals surface area contributed by atoms with Crippen LogP contribution in [0, 0.1) is 11.8 Å². The van der Waals surface area contributed by atoms with Crippen LogP contribution < -0.4 is 10.1 Å². The number of likely N-dealkylation sites (tertiary alicyclic amines) is 1. The molecule has 1 N–H and O–H groups in total. The van der Waals surface area contributed by atoms with Crippen LogP contribution in [0.4, 0.5) is 18.9 Å². The van der Waals surface area contributed by atoms with Crippen molar-refractivity contribution in [3.05, 3.63) is 23.8 Å².